The molecule has 1 aliphatic rings. The standard InChI is InChI=1S/C20H22N2O6S/c1-13(19(23)21-16-5-7-17(27-2)8-6-16)28-20(24)15-4-9-18-14(12-15)10-11-22(18)29(3,25)26/h4-9,12-13H,10-11H2,1-3H3,(H,21,23)/t13-/m1/s1. The summed E-state index contributed by atoms with van der Waals surface area (Å²) in [6.07, 6.45) is 0.648. The number of anilines is 2. The summed E-state index contributed by atoms with van der Waals surface area (Å²) in [6, 6.07) is 11.5. The molecule has 0 aliphatic carbocycles. The van der Waals surface area contributed by atoms with E-state index < -0.39 is 28.0 Å². The van der Waals surface area contributed by atoms with E-state index in [0.29, 0.717) is 30.1 Å². The normalized spacial score (nSPS) is 14.1. The van der Waals surface area contributed by atoms with Gasteiger partial charge in [-0.2, -0.15) is 0 Å². The molecule has 154 valence electrons. The second-order valence-corrected chi connectivity index (χ2v) is 8.60. The summed E-state index contributed by atoms with van der Waals surface area (Å²) in [4.78, 5) is 24.7. The van der Waals surface area contributed by atoms with Crippen LogP contribution in [0, 0.1) is 0 Å². The Balaban J connectivity index is 1.64. The molecule has 0 spiro atoms. The molecule has 8 nitrogen and oxygen atoms in total. The Morgan fingerprint density at radius 3 is 2.45 bits per heavy atom. The van der Waals surface area contributed by atoms with Crippen LogP contribution >= 0.6 is 0 Å². The topological polar surface area (TPSA) is 102 Å². The number of carbonyl (C=O) groups is 2. The number of carbonyl (C=O) groups excluding carboxylic acids is 2. The van der Waals surface area contributed by atoms with E-state index in [2.05, 4.69) is 5.32 Å². The van der Waals surface area contributed by atoms with E-state index in [1.54, 1.807) is 43.5 Å². The minimum atomic E-state index is -3.36. The van der Waals surface area contributed by atoms with Crippen molar-refractivity contribution in [2.75, 3.05) is 29.5 Å². The maximum absolute atomic E-state index is 12.4. The van der Waals surface area contributed by atoms with Gasteiger partial charge in [-0.15, -0.1) is 0 Å². The van der Waals surface area contributed by atoms with Crippen molar-refractivity contribution < 1.29 is 27.5 Å². The van der Waals surface area contributed by atoms with Gasteiger partial charge in [0.25, 0.3) is 5.91 Å². The van der Waals surface area contributed by atoms with E-state index in [-0.39, 0.29) is 5.56 Å². The van der Waals surface area contributed by atoms with Gasteiger partial charge >= 0.3 is 5.97 Å². The average molecular weight is 418 g/mol. The molecule has 0 saturated carbocycles. The zero-order valence-electron chi connectivity index (χ0n) is 16.3. The molecule has 0 saturated heterocycles. The van der Waals surface area contributed by atoms with Crippen LogP contribution in [0.4, 0.5) is 11.4 Å². The molecule has 29 heavy (non-hydrogen) atoms. The highest BCUT2D eigenvalue weighted by molar-refractivity contribution is 7.92. The van der Waals surface area contributed by atoms with Crippen LogP contribution in [0.1, 0.15) is 22.8 Å². The predicted octanol–water partition coefficient (Wildman–Crippen LogP) is 2.20. The van der Waals surface area contributed by atoms with Crippen molar-refractivity contribution in [3.05, 3.63) is 53.6 Å². The number of hydrogen-bond acceptors (Lipinski definition) is 6. The van der Waals surface area contributed by atoms with Crippen molar-refractivity contribution in [2.45, 2.75) is 19.4 Å². The van der Waals surface area contributed by atoms with Crippen LogP contribution < -0.4 is 14.4 Å². The summed E-state index contributed by atoms with van der Waals surface area (Å²) >= 11 is 0. The van der Waals surface area contributed by atoms with Gasteiger partial charge in [-0.3, -0.25) is 9.10 Å². The summed E-state index contributed by atoms with van der Waals surface area (Å²) in [5.74, 6) is -0.454. The van der Waals surface area contributed by atoms with E-state index in [1.165, 1.54) is 17.3 Å². The maximum Gasteiger partial charge on any atom is 0.338 e. The number of esters is 1. The van der Waals surface area contributed by atoms with Crippen molar-refractivity contribution in [1.29, 1.82) is 0 Å². The Morgan fingerprint density at radius 2 is 1.83 bits per heavy atom. The first-order chi connectivity index (χ1) is 13.7. The Kier molecular flexibility index (Phi) is 5.78. The van der Waals surface area contributed by atoms with Crippen molar-refractivity contribution >= 4 is 33.3 Å². The molecular formula is C20H22N2O6S. The quantitative estimate of drug-likeness (QED) is 0.722. The van der Waals surface area contributed by atoms with Crippen LogP contribution in [-0.2, 0) is 26.0 Å². The number of benzene rings is 2. The van der Waals surface area contributed by atoms with E-state index >= 15 is 0 Å². The third-order valence-corrected chi connectivity index (χ3v) is 5.76. The fourth-order valence-electron chi connectivity index (χ4n) is 3.04. The predicted molar refractivity (Wildman–Crippen MR) is 109 cm³/mol. The Hall–Kier alpha value is -3.07. The number of nitrogens with one attached hydrogen (secondary N) is 1. The lowest BCUT2D eigenvalue weighted by molar-refractivity contribution is -0.123. The fraction of sp³-hybridized carbons (Fsp3) is 0.300. The van der Waals surface area contributed by atoms with Crippen LogP contribution in [0.3, 0.4) is 0 Å². The smallest absolute Gasteiger partial charge is 0.338 e. The number of ether oxygens (including phenoxy) is 2. The lowest BCUT2D eigenvalue weighted by atomic mass is 10.1. The molecule has 2 aromatic carbocycles. The molecule has 0 unspecified atom stereocenters. The summed E-state index contributed by atoms with van der Waals surface area (Å²) in [7, 11) is -1.81. The molecule has 9 heteroatoms. The van der Waals surface area contributed by atoms with Gasteiger partial charge in [-0.25, -0.2) is 13.2 Å². The lowest BCUT2D eigenvalue weighted by Crippen LogP contribution is -2.30. The Bertz CT molecular complexity index is 1030. The molecule has 0 fully saturated rings. The monoisotopic (exact) mass is 418 g/mol. The van der Waals surface area contributed by atoms with Gasteiger partial charge < -0.3 is 14.8 Å². The minimum Gasteiger partial charge on any atom is -0.497 e. The van der Waals surface area contributed by atoms with E-state index in [4.69, 9.17) is 9.47 Å². The molecule has 0 radical (unpaired) electrons. The van der Waals surface area contributed by atoms with Crippen molar-refractivity contribution in [2.24, 2.45) is 0 Å². The number of nitrogens with zero attached hydrogens (tertiary/aromatic N) is 1. The molecule has 2 aromatic rings. The van der Waals surface area contributed by atoms with Crippen LogP contribution in [-0.4, -0.2) is 46.3 Å². The van der Waals surface area contributed by atoms with Gasteiger partial charge in [0.2, 0.25) is 10.0 Å². The van der Waals surface area contributed by atoms with Gasteiger partial charge in [-0.05, 0) is 61.4 Å². The van der Waals surface area contributed by atoms with E-state index in [0.717, 1.165) is 11.8 Å². The van der Waals surface area contributed by atoms with E-state index in [1.807, 2.05) is 0 Å². The molecule has 1 amide bonds. The molecule has 3 rings (SSSR count). The van der Waals surface area contributed by atoms with Gasteiger partial charge in [0, 0.05) is 12.2 Å². The fourth-order valence-corrected chi connectivity index (χ4v) is 4.00. The van der Waals surface area contributed by atoms with Crippen LogP contribution in [0.2, 0.25) is 0 Å². The number of amides is 1. The maximum atomic E-state index is 12.4. The first kappa shape index (κ1) is 20.7. The molecule has 1 aliphatic heterocycles. The SMILES string of the molecule is COc1ccc(NC(=O)[C@@H](C)OC(=O)c2ccc3c(c2)CCN3S(C)(=O)=O)cc1. The average Bonchev–Trinajstić information content (AvgIpc) is 3.12. The van der Waals surface area contributed by atoms with Crippen LogP contribution in [0.5, 0.6) is 5.75 Å². The minimum absolute atomic E-state index is 0.267. The highest BCUT2D eigenvalue weighted by atomic mass is 32.2. The van der Waals surface area contributed by atoms with Crippen molar-refractivity contribution in [3.8, 4) is 5.75 Å². The van der Waals surface area contributed by atoms with Crippen molar-refractivity contribution in [3.63, 3.8) is 0 Å². The lowest BCUT2D eigenvalue weighted by Gasteiger charge is -2.17. The third-order valence-electron chi connectivity index (χ3n) is 4.58. The molecule has 1 atom stereocenters. The highest BCUT2D eigenvalue weighted by Gasteiger charge is 2.27. The third kappa shape index (κ3) is 4.68. The molecule has 1 heterocycles. The first-order valence-corrected chi connectivity index (χ1v) is 10.8. The summed E-state index contributed by atoms with van der Waals surface area (Å²) in [5.41, 5.74) is 2.13. The van der Waals surface area contributed by atoms with Crippen LogP contribution in [0.15, 0.2) is 42.5 Å². The molecule has 0 aromatic heterocycles. The zero-order chi connectivity index (χ0) is 21.2. The number of sulfonamides is 1. The molecular weight excluding hydrogens is 396 g/mol. The van der Waals surface area contributed by atoms with E-state index in [9.17, 15) is 18.0 Å². The second-order valence-electron chi connectivity index (χ2n) is 6.69. The van der Waals surface area contributed by atoms with Gasteiger partial charge in [0.15, 0.2) is 6.10 Å². The number of rotatable bonds is 6. The molecule has 0 bridgehead atoms. The Labute approximate surface area is 169 Å². The number of methoxy groups -OCH3 is 1. The number of hydrogen-bond donors (Lipinski definition) is 1. The van der Waals surface area contributed by atoms with Crippen LogP contribution in [0.25, 0.3) is 0 Å². The summed E-state index contributed by atoms with van der Waals surface area (Å²) in [5, 5.41) is 2.67. The van der Waals surface area contributed by atoms with Gasteiger partial charge in [0.1, 0.15) is 5.75 Å². The highest BCUT2D eigenvalue weighted by Crippen LogP contribution is 2.31. The summed E-state index contributed by atoms with van der Waals surface area (Å²) < 4.78 is 35.2. The van der Waals surface area contributed by atoms with Gasteiger partial charge in [-0.1, -0.05) is 0 Å². The molecule has 1 N–H and O–H groups in total. The first-order valence-electron chi connectivity index (χ1n) is 8.95. The summed E-state index contributed by atoms with van der Waals surface area (Å²) in [6.45, 7) is 1.82. The van der Waals surface area contributed by atoms with Gasteiger partial charge in [0.05, 0.1) is 24.6 Å². The number of fused-ring (bicyclic) bond motifs is 1. The second kappa shape index (κ2) is 8.12. The largest absolute Gasteiger partial charge is 0.497 e. The Morgan fingerprint density at radius 1 is 1.14 bits per heavy atom. The zero-order valence-corrected chi connectivity index (χ0v) is 17.2. The van der Waals surface area contributed by atoms with Crippen molar-refractivity contribution in [1.82, 2.24) is 0 Å².